The van der Waals surface area contributed by atoms with Crippen LogP contribution in [-0.4, -0.2) is 64.6 Å². The summed E-state index contributed by atoms with van der Waals surface area (Å²) in [6.45, 7) is 6.16. The summed E-state index contributed by atoms with van der Waals surface area (Å²) in [4.78, 5) is 36.8. The van der Waals surface area contributed by atoms with Gasteiger partial charge in [0.15, 0.2) is 6.10 Å². The Morgan fingerprint density at radius 2 is 1.43 bits per heavy atom. The van der Waals surface area contributed by atoms with Gasteiger partial charge in [0.05, 0.1) is 18.8 Å². The van der Waals surface area contributed by atoms with Gasteiger partial charge >= 0.3 is 11.9 Å². The Morgan fingerprint density at radius 1 is 0.848 bits per heavy atom. The summed E-state index contributed by atoms with van der Waals surface area (Å²) < 4.78 is 10.5. The van der Waals surface area contributed by atoms with Crippen molar-refractivity contribution in [3.05, 3.63) is 12.2 Å². The van der Waals surface area contributed by atoms with Gasteiger partial charge in [-0.15, -0.1) is 0 Å². The van der Waals surface area contributed by atoms with Gasteiger partial charge in [0, 0.05) is 25.2 Å². The molecule has 0 radical (unpaired) electrons. The standard InChI is InChI=1S/C38H68O8/c1-4-6-15-21-31(40)25-26-34-33(35(41)27-36(34)42)22-17-13-14-18-23-37(43)45-29-32(28-39)46-38(44)24-19-12-10-8-7-9-11-16-20-30(3)5-2/h25-26,30-35,39-41H,4-24,27-29H2,1-3H3/b26-25+/t30?,31-,32-,33+,34+,35-/m0/s1. The second kappa shape index (κ2) is 27.2. The van der Waals surface area contributed by atoms with Gasteiger partial charge in [-0.1, -0.05) is 129 Å². The van der Waals surface area contributed by atoms with Crippen molar-refractivity contribution >= 4 is 17.7 Å². The van der Waals surface area contributed by atoms with E-state index in [1.165, 1.54) is 44.9 Å². The number of rotatable bonds is 29. The molecular weight excluding hydrogens is 584 g/mol. The van der Waals surface area contributed by atoms with Crippen molar-refractivity contribution in [3.8, 4) is 0 Å². The van der Waals surface area contributed by atoms with Crippen LogP contribution >= 0.6 is 0 Å². The first-order chi connectivity index (χ1) is 22.2. The van der Waals surface area contributed by atoms with Crippen molar-refractivity contribution < 1.29 is 39.2 Å². The molecule has 6 atom stereocenters. The molecule has 8 heteroatoms. The maximum Gasteiger partial charge on any atom is 0.306 e. The number of unbranched alkanes of at least 4 members (excludes halogenated alkanes) is 12. The number of hydrogen-bond donors (Lipinski definition) is 3. The van der Waals surface area contributed by atoms with E-state index in [0.717, 1.165) is 70.1 Å². The lowest BCUT2D eigenvalue weighted by Gasteiger charge is -2.19. The van der Waals surface area contributed by atoms with Crippen LogP contribution in [0.15, 0.2) is 12.2 Å². The molecule has 0 spiro atoms. The summed E-state index contributed by atoms with van der Waals surface area (Å²) in [6.07, 6.45) is 21.7. The highest BCUT2D eigenvalue weighted by molar-refractivity contribution is 5.86. The monoisotopic (exact) mass is 652 g/mol. The molecule has 0 aromatic rings. The smallest absolute Gasteiger partial charge is 0.306 e. The number of ether oxygens (including phenoxy) is 2. The largest absolute Gasteiger partial charge is 0.462 e. The third-order valence-corrected chi connectivity index (χ3v) is 9.51. The first-order valence-corrected chi connectivity index (χ1v) is 18.7. The maximum absolute atomic E-state index is 12.4. The van der Waals surface area contributed by atoms with Gasteiger partial charge in [0.1, 0.15) is 12.4 Å². The molecule has 0 aliphatic heterocycles. The zero-order valence-corrected chi connectivity index (χ0v) is 29.5. The summed E-state index contributed by atoms with van der Waals surface area (Å²) in [5, 5.41) is 30.2. The molecule has 0 saturated heterocycles. The van der Waals surface area contributed by atoms with Gasteiger partial charge in [-0.2, -0.15) is 0 Å². The third kappa shape index (κ3) is 20.5. The molecule has 0 aromatic heterocycles. The minimum atomic E-state index is -0.841. The molecule has 0 heterocycles. The Hall–Kier alpha value is -1.77. The van der Waals surface area contributed by atoms with Gasteiger partial charge < -0.3 is 24.8 Å². The Morgan fingerprint density at radius 3 is 2.07 bits per heavy atom. The third-order valence-electron chi connectivity index (χ3n) is 9.51. The van der Waals surface area contributed by atoms with E-state index in [1.807, 2.05) is 0 Å². The van der Waals surface area contributed by atoms with Crippen molar-refractivity contribution in [1.29, 1.82) is 0 Å². The van der Waals surface area contributed by atoms with Crippen LogP contribution in [0, 0.1) is 17.8 Å². The molecule has 0 bridgehead atoms. The van der Waals surface area contributed by atoms with Gasteiger partial charge in [-0.25, -0.2) is 0 Å². The topological polar surface area (TPSA) is 130 Å². The molecule has 0 aromatic carbocycles. The number of aliphatic hydroxyl groups excluding tert-OH is 3. The maximum atomic E-state index is 12.4. The number of allylic oxidation sites excluding steroid dienone is 1. The van der Waals surface area contributed by atoms with Crippen LogP contribution in [0.2, 0.25) is 0 Å². The highest BCUT2D eigenvalue weighted by atomic mass is 16.6. The van der Waals surface area contributed by atoms with E-state index in [2.05, 4.69) is 20.8 Å². The van der Waals surface area contributed by atoms with Gasteiger partial charge in [-0.05, 0) is 37.5 Å². The first kappa shape index (κ1) is 42.3. The summed E-state index contributed by atoms with van der Waals surface area (Å²) in [7, 11) is 0. The molecule has 0 amide bonds. The fourth-order valence-electron chi connectivity index (χ4n) is 6.20. The molecular formula is C38H68O8. The minimum absolute atomic E-state index is 0.0352. The van der Waals surface area contributed by atoms with Crippen LogP contribution < -0.4 is 0 Å². The predicted molar refractivity (Wildman–Crippen MR) is 183 cm³/mol. The van der Waals surface area contributed by atoms with E-state index in [-0.39, 0.29) is 55.6 Å². The van der Waals surface area contributed by atoms with E-state index in [1.54, 1.807) is 12.2 Å². The van der Waals surface area contributed by atoms with Gasteiger partial charge in [0.2, 0.25) is 0 Å². The van der Waals surface area contributed by atoms with Crippen molar-refractivity contribution in [3.63, 3.8) is 0 Å². The molecule has 1 saturated carbocycles. The first-order valence-electron chi connectivity index (χ1n) is 18.7. The highest BCUT2D eigenvalue weighted by Crippen LogP contribution is 2.34. The van der Waals surface area contributed by atoms with Crippen LogP contribution in [0.3, 0.4) is 0 Å². The van der Waals surface area contributed by atoms with Crippen molar-refractivity contribution in [1.82, 2.24) is 0 Å². The SMILES string of the molecule is CCCCC[C@H](O)/C=C/[C@H]1C(=O)C[C@H](O)[C@@H]1CCCCCCC(=O)OC[C@H](CO)OC(=O)CCCCCCCCCCC(C)CC. The summed E-state index contributed by atoms with van der Waals surface area (Å²) >= 11 is 0. The summed E-state index contributed by atoms with van der Waals surface area (Å²) in [5.74, 6) is -0.350. The van der Waals surface area contributed by atoms with E-state index in [4.69, 9.17) is 9.47 Å². The van der Waals surface area contributed by atoms with Crippen LogP contribution in [0.25, 0.3) is 0 Å². The number of carbonyl (C=O) groups is 3. The molecule has 8 nitrogen and oxygen atoms in total. The van der Waals surface area contributed by atoms with E-state index in [9.17, 15) is 29.7 Å². The van der Waals surface area contributed by atoms with Crippen LogP contribution in [0.4, 0.5) is 0 Å². The fraction of sp³-hybridized carbons (Fsp3) is 0.868. The van der Waals surface area contributed by atoms with Gasteiger partial charge in [0.25, 0.3) is 0 Å². The fourth-order valence-corrected chi connectivity index (χ4v) is 6.20. The van der Waals surface area contributed by atoms with Crippen molar-refractivity contribution in [2.24, 2.45) is 17.8 Å². The lowest BCUT2D eigenvalue weighted by atomic mass is 9.88. The number of ketones is 1. The number of esters is 2. The van der Waals surface area contributed by atoms with Gasteiger partial charge in [-0.3, -0.25) is 14.4 Å². The molecule has 1 aliphatic rings. The molecule has 1 fully saturated rings. The van der Waals surface area contributed by atoms with E-state index >= 15 is 0 Å². The molecule has 46 heavy (non-hydrogen) atoms. The lowest BCUT2D eigenvalue weighted by Crippen LogP contribution is -2.28. The predicted octanol–water partition coefficient (Wildman–Crippen LogP) is 7.78. The quantitative estimate of drug-likeness (QED) is 0.0424. The Balaban J connectivity index is 2.13. The zero-order valence-electron chi connectivity index (χ0n) is 29.5. The Labute approximate surface area is 280 Å². The van der Waals surface area contributed by atoms with E-state index in [0.29, 0.717) is 19.3 Å². The Bertz CT molecular complexity index is 828. The van der Waals surface area contributed by atoms with Crippen LogP contribution in [-0.2, 0) is 23.9 Å². The average molecular weight is 653 g/mol. The highest BCUT2D eigenvalue weighted by Gasteiger charge is 2.39. The molecule has 268 valence electrons. The summed E-state index contributed by atoms with van der Waals surface area (Å²) in [5.41, 5.74) is 0. The molecule has 1 aliphatic carbocycles. The number of carbonyl (C=O) groups excluding carboxylic acids is 3. The number of Topliss-reactive ketones (excluding diaryl/α,β-unsaturated/α-hetero) is 1. The van der Waals surface area contributed by atoms with E-state index < -0.39 is 18.3 Å². The minimum Gasteiger partial charge on any atom is -0.462 e. The zero-order chi connectivity index (χ0) is 34.0. The molecule has 1 unspecified atom stereocenters. The van der Waals surface area contributed by atoms with Crippen molar-refractivity contribution in [2.75, 3.05) is 13.2 Å². The second-order valence-corrected chi connectivity index (χ2v) is 13.7. The number of aliphatic hydroxyl groups is 3. The average Bonchev–Trinajstić information content (AvgIpc) is 3.31. The normalized spacial score (nSPS) is 20.2. The van der Waals surface area contributed by atoms with Crippen molar-refractivity contribution in [2.45, 2.75) is 180 Å². The lowest BCUT2D eigenvalue weighted by molar-refractivity contribution is -0.161. The Kier molecular flexibility index (Phi) is 25.0. The molecule has 1 rings (SSSR count). The molecule has 3 N–H and O–H groups in total. The number of hydrogen-bond acceptors (Lipinski definition) is 8. The summed E-state index contributed by atoms with van der Waals surface area (Å²) in [6, 6.07) is 0. The van der Waals surface area contributed by atoms with Crippen LogP contribution in [0.1, 0.15) is 162 Å². The second-order valence-electron chi connectivity index (χ2n) is 13.7. The van der Waals surface area contributed by atoms with Crippen LogP contribution in [0.5, 0.6) is 0 Å².